The average Bonchev–Trinajstić information content (AvgIpc) is 2.78. The second kappa shape index (κ2) is 5.65. The summed E-state index contributed by atoms with van der Waals surface area (Å²) in [5.74, 6) is 7.27. The van der Waals surface area contributed by atoms with Crippen molar-refractivity contribution in [2.75, 3.05) is 0 Å². The highest BCUT2D eigenvalue weighted by atomic mass is 15.3. The number of hydrazine groups is 1. The SMILES string of the molecule is CCC1CCC(C(NN)c2ccn(C)n2)CC1. The summed E-state index contributed by atoms with van der Waals surface area (Å²) in [7, 11) is 1.95. The van der Waals surface area contributed by atoms with Crippen LogP contribution in [0, 0.1) is 11.8 Å². The van der Waals surface area contributed by atoms with Crippen molar-refractivity contribution in [3.63, 3.8) is 0 Å². The summed E-state index contributed by atoms with van der Waals surface area (Å²) in [4.78, 5) is 0. The number of aryl methyl sites for hydroxylation is 1. The molecule has 0 aliphatic heterocycles. The van der Waals surface area contributed by atoms with Gasteiger partial charge in [0.1, 0.15) is 0 Å². The topological polar surface area (TPSA) is 55.9 Å². The van der Waals surface area contributed by atoms with E-state index in [1.165, 1.54) is 32.1 Å². The van der Waals surface area contributed by atoms with Crippen molar-refractivity contribution in [3.8, 4) is 0 Å². The highest BCUT2D eigenvalue weighted by Gasteiger charge is 2.28. The van der Waals surface area contributed by atoms with Crippen LogP contribution in [-0.4, -0.2) is 9.78 Å². The fraction of sp³-hybridized carbons (Fsp3) is 0.769. The van der Waals surface area contributed by atoms with E-state index in [0.29, 0.717) is 5.92 Å². The second-order valence-corrected chi connectivity index (χ2v) is 5.25. The molecule has 96 valence electrons. The lowest BCUT2D eigenvalue weighted by molar-refractivity contribution is 0.216. The summed E-state index contributed by atoms with van der Waals surface area (Å²) < 4.78 is 1.84. The van der Waals surface area contributed by atoms with Gasteiger partial charge >= 0.3 is 0 Å². The van der Waals surface area contributed by atoms with Gasteiger partial charge in [-0.15, -0.1) is 0 Å². The zero-order valence-corrected chi connectivity index (χ0v) is 10.9. The van der Waals surface area contributed by atoms with E-state index in [1.54, 1.807) is 0 Å². The maximum atomic E-state index is 5.71. The monoisotopic (exact) mass is 236 g/mol. The quantitative estimate of drug-likeness (QED) is 0.622. The number of nitrogens with one attached hydrogen (secondary N) is 1. The first-order valence-electron chi connectivity index (χ1n) is 6.70. The summed E-state index contributed by atoms with van der Waals surface area (Å²) >= 11 is 0. The summed E-state index contributed by atoms with van der Waals surface area (Å²) in [6.07, 6.45) is 8.51. The predicted octanol–water partition coefficient (Wildman–Crippen LogP) is 2.14. The molecule has 0 bridgehead atoms. The van der Waals surface area contributed by atoms with E-state index in [1.807, 2.05) is 17.9 Å². The highest BCUT2D eigenvalue weighted by molar-refractivity contribution is 5.07. The van der Waals surface area contributed by atoms with Crippen LogP contribution in [0.2, 0.25) is 0 Å². The molecule has 0 amide bonds. The van der Waals surface area contributed by atoms with Gasteiger partial charge in [-0.2, -0.15) is 5.10 Å². The van der Waals surface area contributed by atoms with Gasteiger partial charge in [0.15, 0.2) is 0 Å². The van der Waals surface area contributed by atoms with Crippen LogP contribution in [-0.2, 0) is 7.05 Å². The fourth-order valence-electron chi connectivity index (χ4n) is 2.99. The molecule has 0 radical (unpaired) electrons. The van der Waals surface area contributed by atoms with Crippen molar-refractivity contribution in [2.45, 2.75) is 45.1 Å². The number of hydrogen-bond donors (Lipinski definition) is 2. The van der Waals surface area contributed by atoms with E-state index < -0.39 is 0 Å². The Hall–Kier alpha value is -0.870. The van der Waals surface area contributed by atoms with Crippen molar-refractivity contribution < 1.29 is 0 Å². The molecule has 0 saturated heterocycles. The fourth-order valence-corrected chi connectivity index (χ4v) is 2.99. The molecular formula is C13H24N4. The van der Waals surface area contributed by atoms with Crippen molar-refractivity contribution >= 4 is 0 Å². The van der Waals surface area contributed by atoms with Gasteiger partial charge in [0, 0.05) is 13.2 Å². The molecule has 1 fully saturated rings. The van der Waals surface area contributed by atoms with Crippen LogP contribution in [0.15, 0.2) is 12.3 Å². The lowest BCUT2D eigenvalue weighted by Crippen LogP contribution is -2.35. The third-order valence-corrected chi connectivity index (χ3v) is 4.17. The third-order valence-electron chi connectivity index (χ3n) is 4.17. The zero-order valence-electron chi connectivity index (χ0n) is 10.9. The Balaban J connectivity index is 2.00. The standard InChI is InChI=1S/C13H24N4/c1-3-10-4-6-11(7-5-10)13(15-14)12-8-9-17(2)16-12/h8-11,13,15H,3-7,14H2,1-2H3. The lowest BCUT2D eigenvalue weighted by Gasteiger charge is -2.32. The first kappa shape index (κ1) is 12.6. The summed E-state index contributed by atoms with van der Waals surface area (Å²) in [5, 5.41) is 4.47. The molecule has 1 atom stereocenters. The molecule has 0 spiro atoms. The Morgan fingerprint density at radius 1 is 1.47 bits per heavy atom. The molecule has 3 N–H and O–H groups in total. The molecule has 1 unspecified atom stereocenters. The van der Waals surface area contributed by atoms with Crippen LogP contribution in [0.5, 0.6) is 0 Å². The Labute approximate surface area is 104 Å². The van der Waals surface area contributed by atoms with Crippen molar-refractivity contribution in [1.82, 2.24) is 15.2 Å². The Morgan fingerprint density at radius 2 is 2.18 bits per heavy atom. The van der Waals surface area contributed by atoms with Gasteiger partial charge < -0.3 is 0 Å². The molecule has 1 heterocycles. The highest BCUT2D eigenvalue weighted by Crippen LogP contribution is 2.37. The van der Waals surface area contributed by atoms with Crippen LogP contribution in [0.1, 0.15) is 50.8 Å². The van der Waals surface area contributed by atoms with Gasteiger partial charge in [0.05, 0.1) is 11.7 Å². The molecule has 1 aromatic rings. The maximum absolute atomic E-state index is 5.71. The van der Waals surface area contributed by atoms with Gasteiger partial charge in [-0.05, 0) is 30.7 Å². The number of rotatable bonds is 4. The molecule has 1 aromatic heterocycles. The van der Waals surface area contributed by atoms with E-state index >= 15 is 0 Å². The molecule has 4 heteroatoms. The zero-order chi connectivity index (χ0) is 12.3. The van der Waals surface area contributed by atoms with Gasteiger partial charge in [0.25, 0.3) is 0 Å². The Bertz CT molecular complexity index is 339. The summed E-state index contributed by atoms with van der Waals surface area (Å²) in [6.45, 7) is 2.29. The van der Waals surface area contributed by atoms with Gasteiger partial charge in [-0.25, -0.2) is 0 Å². The first-order valence-corrected chi connectivity index (χ1v) is 6.70. The number of aromatic nitrogens is 2. The molecule has 1 saturated carbocycles. The second-order valence-electron chi connectivity index (χ2n) is 5.25. The maximum Gasteiger partial charge on any atom is 0.0810 e. The minimum atomic E-state index is 0.217. The summed E-state index contributed by atoms with van der Waals surface area (Å²) in [6, 6.07) is 2.28. The molecule has 17 heavy (non-hydrogen) atoms. The minimum Gasteiger partial charge on any atom is -0.275 e. The molecule has 1 aliphatic rings. The Kier molecular flexibility index (Phi) is 4.18. The molecule has 0 aromatic carbocycles. The normalized spacial score (nSPS) is 27.0. The van der Waals surface area contributed by atoms with E-state index in [9.17, 15) is 0 Å². The van der Waals surface area contributed by atoms with Gasteiger partial charge in [-0.1, -0.05) is 26.2 Å². The third kappa shape index (κ3) is 2.87. The number of nitrogens with zero attached hydrogens (tertiary/aromatic N) is 2. The molecule has 1 aliphatic carbocycles. The first-order chi connectivity index (χ1) is 8.24. The van der Waals surface area contributed by atoms with Crippen LogP contribution in [0.3, 0.4) is 0 Å². The predicted molar refractivity (Wildman–Crippen MR) is 69.0 cm³/mol. The lowest BCUT2D eigenvalue weighted by atomic mass is 9.77. The van der Waals surface area contributed by atoms with Crippen LogP contribution >= 0.6 is 0 Å². The van der Waals surface area contributed by atoms with E-state index in [2.05, 4.69) is 23.5 Å². The van der Waals surface area contributed by atoms with E-state index in [0.717, 1.165) is 11.6 Å². The smallest absolute Gasteiger partial charge is 0.0810 e. The van der Waals surface area contributed by atoms with Crippen molar-refractivity contribution in [3.05, 3.63) is 18.0 Å². The van der Waals surface area contributed by atoms with Crippen LogP contribution in [0.25, 0.3) is 0 Å². The van der Waals surface area contributed by atoms with E-state index in [4.69, 9.17) is 5.84 Å². The summed E-state index contributed by atoms with van der Waals surface area (Å²) in [5.41, 5.74) is 4.04. The van der Waals surface area contributed by atoms with E-state index in [-0.39, 0.29) is 6.04 Å². The molecular weight excluding hydrogens is 212 g/mol. The number of hydrogen-bond acceptors (Lipinski definition) is 3. The molecule has 2 rings (SSSR count). The van der Waals surface area contributed by atoms with Gasteiger partial charge in [0.2, 0.25) is 0 Å². The van der Waals surface area contributed by atoms with Crippen molar-refractivity contribution in [1.29, 1.82) is 0 Å². The van der Waals surface area contributed by atoms with Crippen molar-refractivity contribution in [2.24, 2.45) is 24.7 Å². The van der Waals surface area contributed by atoms with Crippen LogP contribution < -0.4 is 11.3 Å². The van der Waals surface area contributed by atoms with Gasteiger partial charge in [-0.3, -0.25) is 16.0 Å². The minimum absolute atomic E-state index is 0.217. The Morgan fingerprint density at radius 3 is 2.65 bits per heavy atom. The molecule has 4 nitrogen and oxygen atoms in total. The van der Waals surface area contributed by atoms with Crippen LogP contribution in [0.4, 0.5) is 0 Å². The number of nitrogens with two attached hydrogens (primary N) is 1. The average molecular weight is 236 g/mol. The largest absolute Gasteiger partial charge is 0.275 e.